The Morgan fingerprint density at radius 1 is 1.50 bits per heavy atom. The number of amides is 1. The van der Waals surface area contributed by atoms with Crippen LogP contribution in [0.15, 0.2) is 0 Å². The molecule has 0 aromatic rings. The van der Waals surface area contributed by atoms with Crippen LogP contribution in [0.25, 0.3) is 0 Å². The molecule has 0 saturated carbocycles. The Morgan fingerprint density at radius 2 is 2.38 bits per heavy atom. The molecule has 2 unspecified atom stereocenters. The van der Waals surface area contributed by atoms with E-state index in [0.717, 1.165) is 37.6 Å². The van der Waals surface area contributed by atoms with Crippen molar-refractivity contribution in [2.24, 2.45) is 5.92 Å². The monoisotopic (exact) mass is 260 g/mol. The third-order valence-electron chi connectivity index (χ3n) is 3.18. The first-order valence-electron chi connectivity index (χ1n) is 5.94. The van der Waals surface area contributed by atoms with Crippen molar-refractivity contribution in [2.75, 3.05) is 43.9 Å². The minimum atomic E-state index is 0.229. The second-order valence-corrected chi connectivity index (χ2v) is 6.89. The SMILES string of the molecule is CNCC1CCN(C(=O)C2CSCCS2)C1. The number of nitrogens with one attached hydrogen (secondary N) is 1. The summed E-state index contributed by atoms with van der Waals surface area (Å²) in [6.07, 6.45) is 1.16. The Bertz CT molecular complexity index is 244. The van der Waals surface area contributed by atoms with Crippen LogP contribution in [-0.4, -0.2) is 60.0 Å². The van der Waals surface area contributed by atoms with E-state index in [4.69, 9.17) is 0 Å². The molecule has 0 aliphatic carbocycles. The molecule has 0 radical (unpaired) electrons. The first-order valence-corrected chi connectivity index (χ1v) is 8.14. The van der Waals surface area contributed by atoms with E-state index >= 15 is 0 Å². The van der Waals surface area contributed by atoms with E-state index in [1.165, 1.54) is 5.75 Å². The van der Waals surface area contributed by atoms with Crippen molar-refractivity contribution in [3.05, 3.63) is 0 Å². The molecule has 2 saturated heterocycles. The minimum absolute atomic E-state index is 0.229. The summed E-state index contributed by atoms with van der Waals surface area (Å²) in [4.78, 5) is 14.3. The molecule has 1 amide bonds. The second kappa shape index (κ2) is 6.17. The molecule has 16 heavy (non-hydrogen) atoms. The van der Waals surface area contributed by atoms with Gasteiger partial charge in [0, 0.05) is 30.3 Å². The highest BCUT2D eigenvalue weighted by molar-refractivity contribution is 8.07. The summed E-state index contributed by atoms with van der Waals surface area (Å²) in [5.74, 6) is 4.40. The van der Waals surface area contributed by atoms with E-state index in [1.807, 2.05) is 30.6 Å². The maximum absolute atomic E-state index is 12.2. The number of likely N-dealkylation sites (tertiary alicyclic amines) is 1. The van der Waals surface area contributed by atoms with Gasteiger partial charge < -0.3 is 10.2 Å². The highest BCUT2D eigenvalue weighted by Crippen LogP contribution is 2.27. The van der Waals surface area contributed by atoms with E-state index in [9.17, 15) is 4.79 Å². The first kappa shape index (κ1) is 12.6. The molecule has 2 aliphatic rings. The molecule has 92 valence electrons. The van der Waals surface area contributed by atoms with Crippen LogP contribution in [0.2, 0.25) is 0 Å². The predicted molar refractivity (Wildman–Crippen MR) is 72.2 cm³/mol. The van der Waals surface area contributed by atoms with Crippen LogP contribution in [0.4, 0.5) is 0 Å². The number of hydrogen-bond acceptors (Lipinski definition) is 4. The average Bonchev–Trinajstić information content (AvgIpc) is 2.78. The molecule has 0 aromatic carbocycles. The van der Waals surface area contributed by atoms with E-state index in [2.05, 4.69) is 10.2 Å². The van der Waals surface area contributed by atoms with E-state index in [1.54, 1.807) is 0 Å². The molecular formula is C11H20N2OS2. The molecule has 0 spiro atoms. The highest BCUT2D eigenvalue weighted by atomic mass is 32.2. The number of thioether (sulfide) groups is 2. The quantitative estimate of drug-likeness (QED) is 0.817. The van der Waals surface area contributed by atoms with Gasteiger partial charge in [0.15, 0.2) is 0 Å². The molecule has 5 heteroatoms. The highest BCUT2D eigenvalue weighted by Gasteiger charge is 2.31. The number of nitrogens with zero attached hydrogens (tertiary/aromatic N) is 1. The summed E-state index contributed by atoms with van der Waals surface area (Å²) < 4.78 is 0. The van der Waals surface area contributed by atoms with Gasteiger partial charge in [0.1, 0.15) is 0 Å². The Balaban J connectivity index is 1.81. The zero-order chi connectivity index (χ0) is 11.4. The number of carbonyl (C=O) groups excluding carboxylic acids is 1. The third kappa shape index (κ3) is 3.08. The molecule has 3 nitrogen and oxygen atoms in total. The lowest BCUT2D eigenvalue weighted by Gasteiger charge is -2.25. The minimum Gasteiger partial charge on any atom is -0.341 e. The van der Waals surface area contributed by atoms with Gasteiger partial charge in [0.25, 0.3) is 0 Å². The van der Waals surface area contributed by atoms with Gasteiger partial charge in [-0.3, -0.25) is 4.79 Å². The van der Waals surface area contributed by atoms with Gasteiger partial charge in [-0.05, 0) is 25.9 Å². The van der Waals surface area contributed by atoms with Crippen molar-refractivity contribution in [1.29, 1.82) is 0 Å². The molecule has 2 heterocycles. The van der Waals surface area contributed by atoms with Crippen molar-refractivity contribution in [1.82, 2.24) is 10.2 Å². The fourth-order valence-corrected chi connectivity index (χ4v) is 4.95. The predicted octanol–water partition coefficient (Wildman–Crippen LogP) is 0.903. The van der Waals surface area contributed by atoms with Crippen LogP contribution < -0.4 is 5.32 Å². The van der Waals surface area contributed by atoms with Crippen molar-refractivity contribution in [3.63, 3.8) is 0 Å². The summed E-state index contributed by atoms with van der Waals surface area (Å²) in [6.45, 7) is 2.96. The van der Waals surface area contributed by atoms with Gasteiger partial charge in [0.2, 0.25) is 5.91 Å². The summed E-state index contributed by atoms with van der Waals surface area (Å²) in [6, 6.07) is 0. The summed E-state index contributed by atoms with van der Waals surface area (Å²) >= 11 is 3.77. The topological polar surface area (TPSA) is 32.3 Å². The van der Waals surface area contributed by atoms with Crippen molar-refractivity contribution >= 4 is 29.4 Å². The lowest BCUT2D eigenvalue weighted by molar-refractivity contribution is -0.129. The average molecular weight is 260 g/mol. The summed E-state index contributed by atoms with van der Waals surface area (Å²) in [5, 5.41) is 3.43. The number of hydrogen-bond donors (Lipinski definition) is 1. The first-order chi connectivity index (χ1) is 7.81. The largest absolute Gasteiger partial charge is 0.341 e. The van der Waals surface area contributed by atoms with Gasteiger partial charge in [-0.25, -0.2) is 0 Å². The maximum atomic E-state index is 12.2. The Hall–Kier alpha value is 0.130. The molecular weight excluding hydrogens is 240 g/mol. The molecule has 1 N–H and O–H groups in total. The molecule has 2 aliphatic heterocycles. The summed E-state index contributed by atoms with van der Waals surface area (Å²) in [5.41, 5.74) is 0. The van der Waals surface area contributed by atoms with E-state index in [-0.39, 0.29) is 5.25 Å². The van der Waals surface area contributed by atoms with Gasteiger partial charge in [-0.15, -0.1) is 11.8 Å². The molecule has 2 rings (SSSR count). The van der Waals surface area contributed by atoms with Crippen LogP contribution >= 0.6 is 23.5 Å². The van der Waals surface area contributed by atoms with E-state index < -0.39 is 0 Å². The van der Waals surface area contributed by atoms with E-state index in [0.29, 0.717) is 11.8 Å². The van der Waals surface area contributed by atoms with Crippen LogP contribution in [0.1, 0.15) is 6.42 Å². The molecule has 2 atom stereocenters. The van der Waals surface area contributed by atoms with Gasteiger partial charge in [-0.2, -0.15) is 11.8 Å². The fourth-order valence-electron chi connectivity index (χ4n) is 2.32. The van der Waals surface area contributed by atoms with Gasteiger partial charge >= 0.3 is 0 Å². The maximum Gasteiger partial charge on any atom is 0.236 e. The zero-order valence-corrected chi connectivity index (χ0v) is 11.4. The van der Waals surface area contributed by atoms with Gasteiger partial charge in [0.05, 0.1) is 5.25 Å². The Kier molecular flexibility index (Phi) is 4.85. The Labute approximate surface area is 106 Å². The lowest BCUT2D eigenvalue weighted by Crippen LogP contribution is -2.39. The van der Waals surface area contributed by atoms with Crippen molar-refractivity contribution in [2.45, 2.75) is 11.7 Å². The third-order valence-corrected chi connectivity index (χ3v) is 5.92. The Morgan fingerprint density at radius 3 is 3.06 bits per heavy atom. The normalized spacial score (nSPS) is 30.7. The number of carbonyl (C=O) groups is 1. The smallest absolute Gasteiger partial charge is 0.236 e. The van der Waals surface area contributed by atoms with Gasteiger partial charge in [-0.1, -0.05) is 0 Å². The zero-order valence-electron chi connectivity index (χ0n) is 9.78. The summed E-state index contributed by atoms with van der Waals surface area (Å²) in [7, 11) is 1.98. The van der Waals surface area contributed by atoms with Crippen LogP contribution in [0.5, 0.6) is 0 Å². The molecule has 0 bridgehead atoms. The molecule has 2 fully saturated rings. The fraction of sp³-hybridized carbons (Fsp3) is 0.909. The lowest BCUT2D eigenvalue weighted by atomic mass is 10.1. The molecule has 0 aromatic heterocycles. The van der Waals surface area contributed by atoms with Crippen molar-refractivity contribution in [3.8, 4) is 0 Å². The van der Waals surface area contributed by atoms with Crippen LogP contribution in [0, 0.1) is 5.92 Å². The standard InChI is InChI=1S/C11H20N2OS2/c1-12-6-9-2-3-13(7-9)11(14)10-8-15-4-5-16-10/h9-10,12H,2-8H2,1H3. The van der Waals surface area contributed by atoms with Crippen LogP contribution in [-0.2, 0) is 4.79 Å². The second-order valence-electron chi connectivity index (χ2n) is 4.43. The van der Waals surface area contributed by atoms with Crippen molar-refractivity contribution < 1.29 is 4.79 Å². The number of rotatable bonds is 3. The van der Waals surface area contributed by atoms with Crippen LogP contribution in [0.3, 0.4) is 0 Å².